The molecule has 1 atom stereocenters. The van der Waals surface area contributed by atoms with Gasteiger partial charge in [-0.3, -0.25) is 0 Å². The van der Waals surface area contributed by atoms with Crippen molar-refractivity contribution in [3.05, 3.63) is 48.0 Å². The van der Waals surface area contributed by atoms with Crippen molar-refractivity contribution in [2.24, 2.45) is 5.41 Å². The first-order chi connectivity index (χ1) is 8.04. The summed E-state index contributed by atoms with van der Waals surface area (Å²) in [5.74, 6) is 3.10. The Bertz CT molecular complexity index is 559. The van der Waals surface area contributed by atoms with Crippen LogP contribution in [0.3, 0.4) is 0 Å². The van der Waals surface area contributed by atoms with E-state index >= 15 is 0 Å². The highest BCUT2D eigenvalue weighted by atomic mass is 14.3. The summed E-state index contributed by atoms with van der Waals surface area (Å²) in [7, 11) is 0. The molecule has 2 aromatic rings. The third-order valence-electron chi connectivity index (χ3n) is 3.17. The summed E-state index contributed by atoms with van der Waals surface area (Å²) >= 11 is 0. The third kappa shape index (κ3) is 2.19. The molecule has 0 fully saturated rings. The Labute approximate surface area is 104 Å². The SMILES string of the molecule is C#CC(c1cccc2ccccc12)C(C)(C)C. The molecule has 2 aromatic carbocycles. The summed E-state index contributed by atoms with van der Waals surface area (Å²) in [4.78, 5) is 0. The summed E-state index contributed by atoms with van der Waals surface area (Å²) < 4.78 is 0. The van der Waals surface area contributed by atoms with E-state index in [1.807, 2.05) is 0 Å². The van der Waals surface area contributed by atoms with Gasteiger partial charge in [-0.15, -0.1) is 6.42 Å². The van der Waals surface area contributed by atoms with Crippen molar-refractivity contribution < 1.29 is 0 Å². The fourth-order valence-corrected chi connectivity index (χ4v) is 2.31. The number of rotatable bonds is 1. The fourth-order valence-electron chi connectivity index (χ4n) is 2.31. The van der Waals surface area contributed by atoms with Gasteiger partial charge in [-0.25, -0.2) is 0 Å². The first kappa shape index (κ1) is 11.7. The molecule has 0 heterocycles. The Kier molecular flexibility index (Phi) is 2.94. The van der Waals surface area contributed by atoms with Crippen LogP contribution >= 0.6 is 0 Å². The van der Waals surface area contributed by atoms with E-state index in [2.05, 4.69) is 69.2 Å². The fraction of sp³-hybridized carbons (Fsp3) is 0.294. The molecule has 0 bridgehead atoms. The lowest BCUT2D eigenvalue weighted by molar-refractivity contribution is 0.377. The predicted molar refractivity (Wildman–Crippen MR) is 75.0 cm³/mol. The van der Waals surface area contributed by atoms with Gasteiger partial charge >= 0.3 is 0 Å². The molecule has 0 aliphatic heterocycles. The lowest BCUT2D eigenvalue weighted by atomic mass is 9.76. The van der Waals surface area contributed by atoms with Gasteiger partial charge in [-0.1, -0.05) is 69.2 Å². The number of terminal acetylenes is 1. The summed E-state index contributed by atoms with van der Waals surface area (Å²) in [6, 6.07) is 14.8. The van der Waals surface area contributed by atoms with Crippen LogP contribution in [0.2, 0.25) is 0 Å². The van der Waals surface area contributed by atoms with Crippen LogP contribution in [0.5, 0.6) is 0 Å². The Morgan fingerprint density at radius 1 is 1.00 bits per heavy atom. The van der Waals surface area contributed by atoms with E-state index < -0.39 is 0 Å². The van der Waals surface area contributed by atoms with Gasteiger partial charge in [0.15, 0.2) is 0 Å². The molecule has 0 spiro atoms. The van der Waals surface area contributed by atoms with Crippen LogP contribution < -0.4 is 0 Å². The molecule has 0 saturated heterocycles. The second-order valence-corrected chi connectivity index (χ2v) is 5.53. The Balaban J connectivity index is 2.67. The van der Waals surface area contributed by atoms with Gasteiger partial charge in [0, 0.05) is 0 Å². The number of benzene rings is 2. The van der Waals surface area contributed by atoms with Crippen molar-refractivity contribution in [3.63, 3.8) is 0 Å². The average molecular weight is 222 g/mol. The monoisotopic (exact) mass is 222 g/mol. The molecule has 17 heavy (non-hydrogen) atoms. The Morgan fingerprint density at radius 3 is 2.29 bits per heavy atom. The average Bonchev–Trinajstić information content (AvgIpc) is 2.28. The standard InChI is InChI=1S/C17H18/c1-5-16(17(2,3)4)15-12-8-10-13-9-6-7-11-14(13)15/h1,6-12,16H,2-4H3. The number of fused-ring (bicyclic) bond motifs is 1. The van der Waals surface area contributed by atoms with Crippen molar-refractivity contribution >= 4 is 10.8 Å². The number of hydrogen-bond donors (Lipinski definition) is 0. The molecule has 0 saturated carbocycles. The maximum absolute atomic E-state index is 5.73. The summed E-state index contributed by atoms with van der Waals surface area (Å²) in [5, 5.41) is 2.53. The first-order valence-corrected chi connectivity index (χ1v) is 5.98. The van der Waals surface area contributed by atoms with Crippen LogP contribution in [0, 0.1) is 17.8 Å². The van der Waals surface area contributed by atoms with Gasteiger partial charge < -0.3 is 0 Å². The van der Waals surface area contributed by atoms with Crippen LogP contribution in [0.4, 0.5) is 0 Å². The second kappa shape index (κ2) is 4.26. The molecule has 2 rings (SSSR count). The minimum absolute atomic E-state index is 0.0822. The molecular weight excluding hydrogens is 204 g/mol. The van der Waals surface area contributed by atoms with Crippen LogP contribution in [0.25, 0.3) is 10.8 Å². The first-order valence-electron chi connectivity index (χ1n) is 5.98. The Morgan fingerprint density at radius 2 is 1.65 bits per heavy atom. The van der Waals surface area contributed by atoms with Crippen molar-refractivity contribution in [1.29, 1.82) is 0 Å². The minimum Gasteiger partial charge on any atom is -0.119 e. The topological polar surface area (TPSA) is 0 Å². The quantitative estimate of drug-likeness (QED) is 0.618. The molecular formula is C17H18. The van der Waals surface area contributed by atoms with E-state index in [0.29, 0.717) is 0 Å². The summed E-state index contributed by atoms with van der Waals surface area (Å²) in [6.45, 7) is 6.58. The zero-order valence-electron chi connectivity index (χ0n) is 10.7. The van der Waals surface area contributed by atoms with Crippen molar-refractivity contribution in [3.8, 4) is 12.3 Å². The van der Waals surface area contributed by atoms with E-state index in [1.165, 1.54) is 16.3 Å². The van der Waals surface area contributed by atoms with E-state index in [1.54, 1.807) is 0 Å². The van der Waals surface area contributed by atoms with Crippen molar-refractivity contribution in [1.82, 2.24) is 0 Å². The Hall–Kier alpha value is -1.74. The molecule has 0 amide bonds. The summed E-state index contributed by atoms with van der Waals surface area (Å²) in [6.07, 6.45) is 5.73. The largest absolute Gasteiger partial charge is 0.119 e. The molecule has 86 valence electrons. The van der Waals surface area contributed by atoms with E-state index in [9.17, 15) is 0 Å². The van der Waals surface area contributed by atoms with Crippen LogP contribution in [-0.4, -0.2) is 0 Å². The zero-order valence-corrected chi connectivity index (χ0v) is 10.7. The van der Waals surface area contributed by atoms with E-state index in [4.69, 9.17) is 6.42 Å². The van der Waals surface area contributed by atoms with Gasteiger partial charge in [-0.2, -0.15) is 0 Å². The highest BCUT2D eigenvalue weighted by molar-refractivity contribution is 5.86. The van der Waals surface area contributed by atoms with E-state index in [0.717, 1.165) is 0 Å². The minimum atomic E-state index is 0.0822. The molecule has 0 nitrogen and oxygen atoms in total. The smallest absolute Gasteiger partial charge is 0.0504 e. The van der Waals surface area contributed by atoms with Gasteiger partial charge in [0.05, 0.1) is 5.92 Å². The lowest BCUT2D eigenvalue weighted by Gasteiger charge is -2.27. The van der Waals surface area contributed by atoms with Crippen LogP contribution in [0.1, 0.15) is 32.3 Å². The zero-order chi connectivity index (χ0) is 12.5. The van der Waals surface area contributed by atoms with Crippen molar-refractivity contribution in [2.75, 3.05) is 0 Å². The maximum atomic E-state index is 5.73. The van der Waals surface area contributed by atoms with Crippen molar-refractivity contribution in [2.45, 2.75) is 26.7 Å². The summed E-state index contributed by atoms with van der Waals surface area (Å²) in [5.41, 5.74) is 1.34. The molecule has 0 radical (unpaired) electrons. The normalized spacial score (nSPS) is 13.3. The maximum Gasteiger partial charge on any atom is 0.0504 e. The van der Waals surface area contributed by atoms with Gasteiger partial charge in [0.2, 0.25) is 0 Å². The van der Waals surface area contributed by atoms with E-state index in [-0.39, 0.29) is 11.3 Å². The van der Waals surface area contributed by atoms with Crippen LogP contribution in [-0.2, 0) is 0 Å². The molecule has 0 aliphatic rings. The lowest BCUT2D eigenvalue weighted by Crippen LogP contribution is -2.17. The predicted octanol–water partition coefficient (Wildman–Crippen LogP) is 4.60. The van der Waals surface area contributed by atoms with Crippen LogP contribution in [0.15, 0.2) is 42.5 Å². The highest BCUT2D eigenvalue weighted by Crippen LogP contribution is 2.37. The van der Waals surface area contributed by atoms with Gasteiger partial charge in [-0.05, 0) is 21.8 Å². The molecule has 0 N–H and O–H groups in total. The molecule has 0 aromatic heterocycles. The number of hydrogen-bond acceptors (Lipinski definition) is 0. The molecule has 0 aliphatic carbocycles. The molecule has 1 unspecified atom stereocenters. The molecule has 0 heteroatoms. The van der Waals surface area contributed by atoms with Gasteiger partial charge in [0.25, 0.3) is 0 Å². The second-order valence-electron chi connectivity index (χ2n) is 5.53. The van der Waals surface area contributed by atoms with Gasteiger partial charge in [0.1, 0.15) is 0 Å². The highest BCUT2D eigenvalue weighted by Gasteiger charge is 2.25. The third-order valence-corrected chi connectivity index (χ3v) is 3.17.